The molecule has 4 heterocycles. The van der Waals surface area contributed by atoms with Gasteiger partial charge in [-0.1, -0.05) is 30.3 Å². The van der Waals surface area contributed by atoms with E-state index in [9.17, 15) is 13.6 Å². The molecule has 1 fully saturated rings. The number of carbonyl (C=O) groups excluding carboxylic acids is 1. The fourth-order valence-corrected chi connectivity index (χ4v) is 5.34. The lowest BCUT2D eigenvalue weighted by atomic mass is 9.97. The van der Waals surface area contributed by atoms with Crippen molar-refractivity contribution in [3.8, 4) is 11.3 Å². The van der Waals surface area contributed by atoms with E-state index in [0.717, 1.165) is 39.0 Å². The van der Waals surface area contributed by atoms with E-state index >= 15 is 0 Å². The predicted octanol–water partition coefficient (Wildman–Crippen LogP) is 5.19. The molecule has 2 aromatic carbocycles. The fraction of sp³-hybridized carbons (Fsp3) is 0.296. The Hall–Kier alpha value is -3.85. The number of pyridine rings is 1. The largest absolute Gasteiger partial charge is 0.322 e. The zero-order valence-electron chi connectivity index (χ0n) is 19.8. The van der Waals surface area contributed by atoms with Crippen molar-refractivity contribution in [3.05, 3.63) is 77.6 Å². The summed E-state index contributed by atoms with van der Waals surface area (Å²) in [6, 6.07) is 16.4. The van der Waals surface area contributed by atoms with Crippen molar-refractivity contribution in [1.82, 2.24) is 25.0 Å². The molecule has 1 unspecified atom stereocenters. The maximum Gasteiger partial charge on any atom is 0.322 e. The van der Waals surface area contributed by atoms with Crippen LogP contribution in [0, 0.1) is 6.92 Å². The molecule has 1 saturated heterocycles. The lowest BCUT2D eigenvalue weighted by Gasteiger charge is -2.44. The van der Waals surface area contributed by atoms with Gasteiger partial charge in [0.05, 0.1) is 18.1 Å². The van der Waals surface area contributed by atoms with Crippen LogP contribution in [-0.2, 0) is 13.1 Å². The Kier molecular flexibility index (Phi) is 5.44. The second kappa shape index (κ2) is 8.67. The van der Waals surface area contributed by atoms with Gasteiger partial charge in [-0.3, -0.25) is 15.0 Å². The van der Waals surface area contributed by atoms with Crippen LogP contribution in [0.1, 0.15) is 23.2 Å². The topological polar surface area (TPSA) is 77.2 Å². The third kappa shape index (κ3) is 4.30. The lowest BCUT2D eigenvalue weighted by molar-refractivity contribution is -0.0910. The predicted molar refractivity (Wildman–Crippen MR) is 134 cm³/mol. The lowest BCUT2D eigenvalue weighted by Crippen LogP contribution is -2.57. The summed E-state index contributed by atoms with van der Waals surface area (Å²) in [4.78, 5) is 20.6. The zero-order chi connectivity index (χ0) is 24.9. The number of hydrogen-bond acceptors (Lipinski definition) is 4. The highest BCUT2D eigenvalue weighted by Gasteiger charge is 2.44. The van der Waals surface area contributed by atoms with Gasteiger partial charge in [-0.2, -0.15) is 5.10 Å². The first kappa shape index (κ1) is 22.6. The number of aryl methyl sites for hydroxylation is 1. The number of piperidine rings is 1. The highest BCUT2D eigenvalue weighted by Crippen LogP contribution is 2.36. The standard InChI is InChI=1S/C27H26F2N6O/c1-17-9-19(7-8-30-17)25-22-10-20-14-35(26(36)31-23(20)11-24(22)32-33-25)21-12-27(28,29)16-34(15-21)13-18-5-3-2-4-6-18/h2-11,21H,12-16H2,1H3,(H,31,36)(H,32,33). The van der Waals surface area contributed by atoms with E-state index in [-0.39, 0.29) is 25.5 Å². The van der Waals surface area contributed by atoms with Gasteiger partial charge in [0, 0.05) is 54.6 Å². The average molecular weight is 489 g/mol. The summed E-state index contributed by atoms with van der Waals surface area (Å²) in [6.07, 6.45) is 1.40. The monoisotopic (exact) mass is 488 g/mol. The number of anilines is 1. The van der Waals surface area contributed by atoms with Crippen molar-refractivity contribution in [2.45, 2.75) is 38.4 Å². The van der Waals surface area contributed by atoms with Gasteiger partial charge in [0.1, 0.15) is 5.69 Å². The number of halogens is 2. The summed E-state index contributed by atoms with van der Waals surface area (Å²) in [5.41, 5.74) is 5.94. The molecule has 0 aliphatic carbocycles. The second-order valence-electron chi connectivity index (χ2n) is 9.74. The molecule has 184 valence electrons. The first-order valence-electron chi connectivity index (χ1n) is 12.0. The van der Waals surface area contributed by atoms with Crippen LogP contribution in [0.4, 0.5) is 19.3 Å². The van der Waals surface area contributed by atoms with E-state index in [1.165, 1.54) is 0 Å². The quantitative estimate of drug-likeness (QED) is 0.415. The third-order valence-corrected chi connectivity index (χ3v) is 6.95. The molecule has 0 bridgehead atoms. The number of amides is 2. The Morgan fingerprint density at radius 3 is 2.78 bits per heavy atom. The Morgan fingerprint density at radius 2 is 1.97 bits per heavy atom. The number of benzene rings is 2. The van der Waals surface area contributed by atoms with E-state index in [1.54, 1.807) is 16.0 Å². The SMILES string of the molecule is Cc1cc(-c2n[nH]c3cc4c(cc23)CN(C2CN(Cc3ccccc3)CC(F)(F)C2)C(=O)N4)ccn1. The molecule has 2 N–H and O–H groups in total. The average Bonchev–Trinajstić information content (AvgIpc) is 3.24. The molecule has 2 aromatic heterocycles. The van der Waals surface area contributed by atoms with E-state index in [2.05, 4.69) is 20.5 Å². The van der Waals surface area contributed by atoms with Gasteiger partial charge >= 0.3 is 6.03 Å². The van der Waals surface area contributed by atoms with Crippen LogP contribution >= 0.6 is 0 Å². The van der Waals surface area contributed by atoms with Crippen LogP contribution in [0.2, 0.25) is 0 Å². The number of rotatable bonds is 4. The third-order valence-electron chi connectivity index (χ3n) is 6.95. The van der Waals surface area contributed by atoms with E-state index in [1.807, 2.05) is 61.5 Å². The molecule has 0 radical (unpaired) electrons. The molecular formula is C27H26F2N6O. The molecule has 2 aliphatic rings. The minimum atomic E-state index is -2.88. The van der Waals surface area contributed by atoms with Gasteiger partial charge in [-0.15, -0.1) is 0 Å². The molecule has 9 heteroatoms. The van der Waals surface area contributed by atoms with Gasteiger partial charge in [-0.05, 0) is 42.3 Å². The summed E-state index contributed by atoms with van der Waals surface area (Å²) in [7, 11) is 0. The van der Waals surface area contributed by atoms with Crippen LogP contribution in [0.15, 0.2) is 60.8 Å². The van der Waals surface area contributed by atoms with E-state index in [4.69, 9.17) is 0 Å². The molecule has 0 saturated carbocycles. The Morgan fingerprint density at radius 1 is 1.14 bits per heavy atom. The number of aromatic amines is 1. The maximum absolute atomic E-state index is 14.8. The molecule has 36 heavy (non-hydrogen) atoms. The minimum Gasteiger partial charge on any atom is -0.316 e. The number of nitrogens with one attached hydrogen (secondary N) is 2. The van der Waals surface area contributed by atoms with Crippen LogP contribution in [-0.4, -0.2) is 56.1 Å². The summed E-state index contributed by atoms with van der Waals surface area (Å²) in [5.74, 6) is -2.88. The van der Waals surface area contributed by atoms with Gasteiger partial charge < -0.3 is 10.2 Å². The van der Waals surface area contributed by atoms with Crippen molar-refractivity contribution >= 4 is 22.6 Å². The van der Waals surface area contributed by atoms with Crippen molar-refractivity contribution in [1.29, 1.82) is 0 Å². The maximum atomic E-state index is 14.8. The Bertz CT molecular complexity index is 1440. The molecule has 2 amide bonds. The number of carbonyl (C=O) groups is 1. The van der Waals surface area contributed by atoms with Crippen molar-refractivity contribution < 1.29 is 13.6 Å². The van der Waals surface area contributed by atoms with Crippen molar-refractivity contribution in [3.63, 3.8) is 0 Å². The summed E-state index contributed by atoms with van der Waals surface area (Å²) in [6.45, 7) is 2.69. The van der Waals surface area contributed by atoms with Crippen LogP contribution in [0.3, 0.4) is 0 Å². The molecule has 4 aromatic rings. The zero-order valence-corrected chi connectivity index (χ0v) is 19.8. The first-order valence-corrected chi connectivity index (χ1v) is 12.0. The summed E-state index contributed by atoms with van der Waals surface area (Å²) in [5, 5.41) is 11.4. The van der Waals surface area contributed by atoms with Gasteiger partial charge in [0.2, 0.25) is 0 Å². The van der Waals surface area contributed by atoms with Gasteiger partial charge in [0.25, 0.3) is 5.92 Å². The molecule has 6 rings (SSSR count). The van der Waals surface area contributed by atoms with E-state index < -0.39 is 12.0 Å². The molecule has 1 atom stereocenters. The number of fused-ring (bicyclic) bond motifs is 2. The van der Waals surface area contributed by atoms with Crippen molar-refractivity contribution in [2.75, 3.05) is 18.4 Å². The number of aromatic nitrogens is 3. The number of hydrogen-bond donors (Lipinski definition) is 2. The van der Waals surface area contributed by atoms with Crippen LogP contribution < -0.4 is 5.32 Å². The number of H-pyrrole nitrogens is 1. The minimum absolute atomic E-state index is 0.261. The smallest absolute Gasteiger partial charge is 0.316 e. The Balaban J connectivity index is 1.29. The van der Waals surface area contributed by atoms with Gasteiger partial charge in [0.15, 0.2) is 0 Å². The number of nitrogens with zero attached hydrogens (tertiary/aromatic N) is 4. The first-order chi connectivity index (χ1) is 17.3. The van der Waals surface area contributed by atoms with Gasteiger partial charge in [-0.25, -0.2) is 13.6 Å². The van der Waals surface area contributed by atoms with Crippen LogP contribution in [0.25, 0.3) is 22.2 Å². The molecular weight excluding hydrogens is 462 g/mol. The summed E-state index contributed by atoms with van der Waals surface area (Å²) < 4.78 is 29.6. The normalized spacial score (nSPS) is 19.8. The Labute approximate surface area is 207 Å². The fourth-order valence-electron chi connectivity index (χ4n) is 5.34. The highest BCUT2D eigenvalue weighted by molar-refractivity contribution is 6.00. The second-order valence-corrected chi connectivity index (χ2v) is 9.74. The van der Waals surface area contributed by atoms with Crippen molar-refractivity contribution in [2.24, 2.45) is 0 Å². The van der Waals surface area contributed by atoms with E-state index in [0.29, 0.717) is 18.8 Å². The van der Waals surface area contributed by atoms with Crippen LogP contribution in [0.5, 0.6) is 0 Å². The number of urea groups is 1. The molecule has 2 aliphatic heterocycles. The highest BCUT2D eigenvalue weighted by atomic mass is 19.3. The molecule has 7 nitrogen and oxygen atoms in total. The number of alkyl halides is 2. The molecule has 0 spiro atoms. The summed E-state index contributed by atoms with van der Waals surface area (Å²) >= 11 is 0. The number of likely N-dealkylation sites (tertiary alicyclic amines) is 1.